The van der Waals surface area contributed by atoms with E-state index in [4.69, 9.17) is 4.74 Å². The summed E-state index contributed by atoms with van der Waals surface area (Å²) < 4.78 is 6.69. The monoisotopic (exact) mass is 287 g/mol. The average Bonchev–Trinajstić information content (AvgIpc) is 2.82. The van der Waals surface area contributed by atoms with E-state index in [1.807, 2.05) is 50.5 Å². The number of aryl methyl sites for hydroxylation is 2. The van der Waals surface area contributed by atoms with Crippen molar-refractivity contribution >= 4 is 5.97 Å². The smallest absolute Gasteiger partial charge is 0.314 e. The topological polar surface area (TPSA) is 56.1 Å². The summed E-state index contributed by atoms with van der Waals surface area (Å²) in [4.78, 5) is 11.9. The van der Waals surface area contributed by atoms with Gasteiger partial charge in [0.2, 0.25) is 0 Å². The number of rotatable bonds is 6. The van der Waals surface area contributed by atoms with Crippen LogP contribution in [0.5, 0.6) is 0 Å². The largest absolute Gasteiger partial charge is 0.469 e. The normalized spacial score (nSPS) is 12.1. The van der Waals surface area contributed by atoms with Crippen molar-refractivity contribution in [2.45, 2.75) is 19.4 Å². The standard InChI is InChI=1S/C16H21N3O2/c1-12-14(11-19(2)18-12)9-17-10-15(16(20)21-3)13-7-5-4-6-8-13/h4-8,11,15,17H,9-10H2,1-3H3. The van der Waals surface area contributed by atoms with E-state index in [1.165, 1.54) is 7.11 Å². The van der Waals surface area contributed by atoms with Gasteiger partial charge in [0.1, 0.15) is 0 Å². The second kappa shape index (κ2) is 7.04. The molecule has 0 aliphatic heterocycles. The van der Waals surface area contributed by atoms with Crippen LogP contribution in [0.4, 0.5) is 0 Å². The third kappa shape index (κ3) is 3.92. The van der Waals surface area contributed by atoms with Gasteiger partial charge in [-0.05, 0) is 12.5 Å². The van der Waals surface area contributed by atoms with Gasteiger partial charge in [0.05, 0.1) is 18.7 Å². The molecule has 5 heteroatoms. The molecule has 1 heterocycles. The molecule has 0 bridgehead atoms. The highest BCUT2D eigenvalue weighted by Crippen LogP contribution is 2.16. The lowest BCUT2D eigenvalue weighted by atomic mass is 9.99. The summed E-state index contributed by atoms with van der Waals surface area (Å²) in [6, 6.07) is 9.68. The number of nitrogens with one attached hydrogen (secondary N) is 1. The van der Waals surface area contributed by atoms with Crippen molar-refractivity contribution in [3.05, 3.63) is 53.3 Å². The average molecular weight is 287 g/mol. The van der Waals surface area contributed by atoms with E-state index in [9.17, 15) is 4.79 Å². The Morgan fingerprint density at radius 1 is 1.38 bits per heavy atom. The fraction of sp³-hybridized carbons (Fsp3) is 0.375. The zero-order valence-electron chi connectivity index (χ0n) is 12.7. The number of hydrogen-bond acceptors (Lipinski definition) is 4. The van der Waals surface area contributed by atoms with Gasteiger partial charge >= 0.3 is 5.97 Å². The Morgan fingerprint density at radius 3 is 2.67 bits per heavy atom. The lowest BCUT2D eigenvalue weighted by Crippen LogP contribution is -2.27. The predicted octanol–water partition coefficient (Wildman–Crippen LogP) is 1.77. The highest BCUT2D eigenvalue weighted by Gasteiger charge is 2.20. The van der Waals surface area contributed by atoms with E-state index >= 15 is 0 Å². The molecule has 0 radical (unpaired) electrons. The summed E-state index contributed by atoms with van der Waals surface area (Å²) in [5, 5.41) is 7.62. The molecule has 1 N–H and O–H groups in total. The molecule has 0 saturated carbocycles. The van der Waals surface area contributed by atoms with Crippen LogP contribution < -0.4 is 5.32 Å². The Balaban J connectivity index is 2.00. The Morgan fingerprint density at radius 2 is 2.10 bits per heavy atom. The molecule has 0 aliphatic carbocycles. The number of ether oxygens (including phenoxy) is 1. The molecule has 1 unspecified atom stereocenters. The van der Waals surface area contributed by atoms with E-state index in [-0.39, 0.29) is 11.9 Å². The fourth-order valence-corrected chi connectivity index (χ4v) is 2.34. The summed E-state index contributed by atoms with van der Waals surface area (Å²) in [5.41, 5.74) is 3.09. The van der Waals surface area contributed by atoms with Crippen LogP contribution in [-0.4, -0.2) is 29.4 Å². The molecule has 5 nitrogen and oxygen atoms in total. The zero-order valence-corrected chi connectivity index (χ0v) is 12.7. The molecule has 112 valence electrons. The second-order valence-electron chi connectivity index (χ2n) is 5.03. The molecule has 1 aromatic carbocycles. The Bertz CT molecular complexity index is 593. The van der Waals surface area contributed by atoms with Gasteiger partial charge in [0.25, 0.3) is 0 Å². The quantitative estimate of drug-likeness (QED) is 0.823. The second-order valence-corrected chi connectivity index (χ2v) is 5.03. The van der Waals surface area contributed by atoms with Gasteiger partial charge in [-0.2, -0.15) is 5.10 Å². The molecule has 21 heavy (non-hydrogen) atoms. The zero-order chi connectivity index (χ0) is 15.2. The van der Waals surface area contributed by atoms with Gasteiger partial charge in [-0.25, -0.2) is 0 Å². The van der Waals surface area contributed by atoms with Crippen molar-refractivity contribution in [3.63, 3.8) is 0 Å². The van der Waals surface area contributed by atoms with Crippen molar-refractivity contribution in [2.75, 3.05) is 13.7 Å². The molecule has 2 rings (SSSR count). The van der Waals surface area contributed by atoms with Crippen molar-refractivity contribution in [2.24, 2.45) is 7.05 Å². The van der Waals surface area contributed by atoms with Gasteiger partial charge in [0, 0.05) is 31.9 Å². The van der Waals surface area contributed by atoms with Crippen LogP contribution in [-0.2, 0) is 23.1 Å². The third-order valence-corrected chi connectivity index (χ3v) is 3.47. The highest BCUT2D eigenvalue weighted by molar-refractivity contribution is 5.78. The third-order valence-electron chi connectivity index (χ3n) is 3.47. The van der Waals surface area contributed by atoms with Gasteiger partial charge in [-0.3, -0.25) is 9.48 Å². The lowest BCUT2D eigenvalue weighted by molar-refractivity contribution is -0.142. The van der Waals surface area contributed by atoms with E-state index in [2.05, 4.69) is 10.4 Å². The molecular formula is C16H21N3O2. The van der Waals surface area contributed by atoms with Crippen LogP contribution in [0, 0.1) is 6.92 Å². The van der Waals surface area contributed by atoms with Crippen LogP contribution in [0.2, 0.25) is 0 Å². The minimum atomic E-state index is -0.298. The summed E-state index contributed by atoms with van der Waals surface area (Å²) >= 11 is 0. The summed E-state index contributed by atoms with van der Waals surface area (Å²) in [6.07, 6.45) is 1.98. The van der Waals surface area contributed by atoms with Crippen molar-refractivity contribution in [1.29, 1.82) is 0 Å². The van der Waals surface area contributed by atoms with Gasteiger partial charge in [0.15, 0.2) is 0 Å². The number of benzene rings is 1. The van der Waals surface area contributed by atoms with Crippen molar-refractivity contribution in [3.8, 4) is 0 Å². The first-order chi connectivity index (χ1) is 10.1. The van der Waals surface area contributed by atoms with E-state index in [0.29, 0.717) is 13.1 Å². The highest BCUT2D eigenvalue weighted by atomic mass is 16.5. The molecular weight excluding hydrogens is 266 g/mol. The lowest BCUT2D eigenvalue weighted by Gasteiger charge is -2.15. The minimum Gasteiger partial charge on any atom is -0.469 e. The van der Waals surface area contributed by atoms with Gasteiger partial charge in [-0.1, -0.05) is 30.3 Å². The Kier molecular flexibility index (Phi) is 5.11. The van der Waals surface area contributed by atoms with Gasteiger partial charge in [-0.15, -0.1) is 0 Å². The molecule has 1 atom stereocenters. The Labute approximate surface area is 124 Å². The first-order valence-corrected chi connectivity index (χ1v) is 6.94. The fourth-order valence-electron chi connectivity index (χ4n) is 2.34. The predicted molar refractivity (Wildman–Crippen MR) is 80.9 cm³/mol. The maximum Gasteiger partial charge on any atom is 0.314 e. The molecule has 1 aromatic heterocycles. The first-order valence-electron chi connectivity index (χ1n) is 6.94. The van der Waals surface area contributed by atoms with Crippen LogP contribution >= 0.6 is 0 Å². The van der Waals surface area contributed by atoms with Crippen molar-refractivity contribution in [1.82, 2.24) is 15.1 Å². The number of esters is 1. The van der Waals surface area contributed by atoms with Crippen LogP contribution in [0.25, 0.3) is 0 Å². The molecule has 0 spiro atoms. The molecule has 2 aromatic rings. The number of nitrogens with zero attached hydrogens (tertiary/aromatic N) is 2. The first kappa shape index (κ1) is 15.3. The Hall–Kier alpha value is -2.14. The van der Waals surface area contributed by atoms with E-state index in [1.54, 1.807) is 4.68 Å². The molecule has 0 aliphatic rings. The van der Waals surface area contributed by atoms with Crippen molar-refractivity contribution < 1.29 is 9.53 Å². The number of hydrogen-bond donors (Lipinski definition) is 1. The number of carbonyl (C=O) groups is 1. The number of aromatic nitrogens is 2. The van der Waals surface area contributed by atoms with Crippen LogP contribution in [0.1, 0.15) is 22.7 Å². The summed E-state index contributed by atoms with van der Waals surface area (Å²) in [6.45, 7) is 3.19. The van der Waals surface area contributed by atoms with Crippen LogP contribution in [0.15, 0.2) is 36.5 Å². The van der Waals surface area contributed by atoms with Gasteiger partial charge < -0.3 is 10.1 Å². The number of carbonyl (C=O) groups excluding carboxylic acids is 1. The SMILES string of the molecule is COC(=O)C(CNCc1cn(C)nc1C)c1ccccc1. The molecule has 0 amide bonds. The van der Waals surface area contributed by atoms with Crippen LogP contribution in [0.3, 0.4) is 0 Å². The summed E-state index contributed by atoms with van der Waals surface area (Å²) in [7, 11) is 3.32. The minimum absolute atomic E-state index is 0.225. The maximum atomic E-state index is 11.9. The molecule has 0 saturated heterocycles. The van der Waals surface area contributed by atoms with E-state index in [0.717, 1.165) is 16.8 Å². The van der Waals surface area contributed by atoms with E-state index < -0.39 is 0 Å². The number of methoxy groups -OCH3 is 1. The summed E-state index contributed by atoms with van der Waals surface area (Å²) in [5.74, 6) is -0.523. The maximum absolute atomic E-state index is 11.9. The molecule has 0 fully saturated rings.